The minimum atomic E-state index is -0.530. The highest BCUT2D eigenvalue weighted by Gasteiger charge is 2.10. The van der Waals surface area contributed by atoms with Gasteiger partial charge in [-0.3, -0.25) is 4.79 Å². The minimum absolute atomic E-state index is 0.208. The molecule has 4 heteroatoms. The quantitative estimate of drug-likeness (QED) is 0.631. The Morgan fingerprint density at radius 3 is 2.50 bits per heavy atom. The van der Waals surface area contributed by atoms with Gasteiger partial charge in [-0.2, -0.15) is 0 Å². The van der Waals surface area contributed by atoms with Crippen molar-refractivity contribution in [1.82, 2.24) is 4.98 Å². The normalized spacial score (nSPS) is 9.83. The first-order chi connectivity index (χ1) is 5.52. The van der Waals surface area contributed by atoms with Crippen LogP contribution in [0.15, 0.2) is 6.07 Å². The van der Waals surface area contributed by atoms with Crippen molar-refractivity contribution in [3.05, 3.63) is 22.9 Å². The summed E-state index contributed by atoms with van der Waals surface area (Å²) in [6.07, 6.45) is 0. The van der Waals surface area contributed by atoms with Crippen molar-refractivity contribution in [3.63, 3.8) is 0 Å². The number of nitrogen functional groups attached to an aromatic ring is 1. The Morgan fingerprint density at radius 1 is 1.50 bits per heavy atom. The number of amides is 1. The maximum atomic E-state index is 10.9. The lowest BCUT2D eigenvalue weighted by Crippen LogP contribution is -2.16. The summed E-state index contributed by atoms with van der Waals surface area (Å²) < 4.78 is 0. The minimum Gasteiger partial charge on any atom is -0.383 e. The molecule has 0 aliphatic heterocycles. The molecule has 1 amide bonds. The number of carbonyl (C=O) groups excluding carboxylic acids is 1. The van der Waals surface area contributed by atoms with E-state index >= 15 is 0 Å². The second-order valence-corrected chi connectivity index (χ2v) is 2.71. The Hall–Kier alpha value is -1.58. The molecule has 1 aromatic rings. The summed E-state index contributed by atoms with van der Waals surface area (Å²) in [5.74, 6) is -0.322. The fraction of sp³-hybridized carbons (Fsp3) is 0.250. The highest BCUT2D eigenvalue weighted by atomic mass is 16.1. The van der Waals surface area contributed by atoms with Gasteiger partial charge in [0.15, 0.2) is 0 Å². The van der Waals surface area contributed by atoms with Crippen LogP contribution in [0.5, 0.6) is 0 Å². The van der Waals surface area contributed by atoms with Gasteiger partial charge >= 0.3 is 0 Å². The van der Waals surface area contributed by atoms with E-state index in [9.17, 15) is 4.79 Å². The van der Waals surface area contributed by atoms with Crippen LogP contribution in [-0.4, -0.2) is 10.9 Å². The van der Waals surface area contributed by atoms with E-state index in [1.54, 1.807) is 13.0 Å². The number of aromatic nitrogens is 1. The monoisotopic (exact) mass is 165 g/mol. The number of rotatable bonds is 1. The smallest absolute Gasteiger partial charge is 0.252 e. The van der Waals surface area contributed by atoms with E-state index < -0.39 is 5.91 Å². The molecule has 12 heavy (non-hydrogen) atoms. The molecule has 0 aliphatic carbocycles. The summed E-state index contributed by atoms with van der Waals surface area (Å²) in [7, 11) is 0. The number of primary amides is 1. The van der Waals surface area contributed by atoms with Gasteiger partial charge < -0.3 is 11.5 Å². The number of carbonyl (C=O) groups is 1. The molecule has 0 aromatic carbocycles. The van der Waals surface area contributed by atoms with Gasteiger partial charge in [-0.05, 0) is 25.5 Å². The average Bonchev–Trinajstić information content (AvgIpc) is 1.82. The van der Waals surface area contributed by atoms with Crippen molar-refractivity contribution in [2.45, 2.75) is 13.8 Å². The third-order valence-electron chi connectivity index (χ3n) is 1.62. The van der Waals surface area contributed by atoms with Crippen molar-refractivity contribution in [1.29, 1.82) is 0 Å². The summed E-state index contributed by atoms with van der Waals surface area (Å²) in [6, 6.07) is 1.77. The van der Waals surface area contributed by atoms with E-state index in [2.05, 4.69) is 4.98 Å². The molecular weight excluding hydrogens is 154 g/mol. The molecule has 0 aliphatic rings. The van der Waals surface area contributed by atoms with Gasteiger partial charge in [-0.15, -0.1) is 0 Å². The number of aryl methyl sites for hydroxylation is 2. The maximum Gasteiger partial charge on any atom is 0.252 e. The molecule has 0 unspecified atom stereocenters. The van der Waals surface area contributed by atoms with Crippen molar-refractivity contribution in [3.8, 4) is 0 Å². The SMILES string of the molecule is Cc1cc(C)c(C(N)=O)c(N)n1. The molecule has 1 rings (SSSR count). The number of nitrogens with two attached hydrogens (primary N) is 2. The topological polar surface area (TPSA) is 82.0 Å². The van der Waals surface area contributed by atoms with Crippen LogP contribution in [0.1, 0.15) is 21.6 Å². The summed E-state index contributed by atoms with van der Waals surface area (Å²) in [4.78, 5) is 14.8. The van der Waals surface area contributed by atoms with Gasteiger partial charge in [0, 0.05) is 5.69 Å². The number of pyridine rings is 1. The molecule has 0 fully saturated rings. The molecule has 64 valence electrons. The predicted molar refractivity (Wildman–Crippen MR) is 46.6 cm³/mol. The van der Waals surface area contributed by atoms with Gasteiger partial charge in [0.2, 0.25) is 0 Å². The van der Waals surface area contributed by atoms with E-state index in [1.165, 1.54) is 0 Å². The third-order valence-corrected chi connectivity index (χ3v) is 1.62. The number of anilines is 1. The van der Waals surface area contributed by atoms with Crippen LogP contribution < -0.4 is 11.5 Å². The number of hydrogen-bond acceptors (Lipinski definition) is 3. The molecule has 1 aromatic heterocycles. The predicted octanol–water partition coefficient (Wildman–Crippen LogP) is 0.380. The zero-order chi connectivity index (χ0) is 9.30. The summed E-state index contributed by atoms with van der Waals surface area (Å²) in [6.45, 7) is 3.60. The molecular formula is C8H11N3O. The lowest BCUT2D eigenvalue weighted by Gasteiger charge is -2.05. The van der Waals surface area contributed by atoms with Crippen LogP contribution in [0.25, 0.3) is 0 Å². The van der Waals surface area contributed by atoms with Gasteiger partial charge in [0.25, 0.3) is 5.91 Å². The van der Waals surface area contributed by atoms with E-state index in [-0.39, 0.29) is 5.82 Å². The molecule has 0 spiro atoms. The highest BCUT2D eigenvalue weighted by molar-refractivity contribution is 5.98. The highest BCUT2D eigenvalue weighted by Crippen LogP contribution is 2.14. The van der Waals surface area contributed by atoms with Crippen LogP contribution in [-0.2, 0) is 0 Å². The van der Waals surface area contributed by atoms with Crippen LogP contribution in [0.3, 0.4) is 0 Å². The number of hydrogen-bond donors (Lipinski definition) is 2. The Kier molecular flexibility index (Phi) is 1.99. The first-order valence-corrected chi connectivity index (χ1v) is 3.56. The van der Waals surface area contributed by atoms with Crippen LogP contribution in [0.2, 0.25) is 0 Å². The Labute approximate surface area is 70.6 Å². The fourth-order valence-corrected chi connectivity index (χ4v) is 1.19. The van der Waals surface area contributed by atoms with Crippen molar-refractivity contribution in [2.75, 3.05) is 5.73 Å². The second-order valence-electron chi connectivity index (χ2n) is 2.71. The Morgan fingerprint density at radius 2 is 2.08 bits per heavy atom. The molecule has 0 saturated carbocycles. The lowest BCUT2D eigenvalue weighted by molar-refractivity contribution is 0.100. The zero-order valence-electron chi connectivity index (χ0n) is 7.09. The van der Waals surface area contributed by atoms with Crippen LogP contribution in [0, 0.1) is 13.8 Å². The van der Waals surface area contributed by atoms with Crippen molar-refractivity contribution < 1.29 is 4.79 Å². The van der Waals surface area contributed by atoms with Gasteiger partial charge in [0.05, 0.1) is 5.56 Å². The van der Waals surface area contributed by atoms with E-state index in [4.69, 9.17) is 11.5 Å². The Balaban J connectivity index is 3.38. The lowest BCUT2D eigenvalue weighted by atomic mass is 10.1. The first kappa shape index (κ1) is 8.52. The van der Waals surface area contributed by atoms with Gasteiger partial charge in [-0.25, -0.2) is 4.98 Å². The van der Waals surface area contributed by atoms with Gasteiger partial charge in [-0.1, -0.05) is 0 Å². The molecule has 0 radical (unpaired) electrons. The summed E-state index contributed by atoms with van der Waals surface area (Å²) in [5.41, 5.74) is 12.5. The third kappa shape index (κ3) is 1.37. The zero-order valence-corrected chi connectivity index (χ0v) is 7.09. The standard InChI is InChI=1S/C8H11N3O/c1-4-3-5(2)11-7(9)6(4)8(10)12/h3H,1-2H3,(H2,9,11)(H2,10,12). The van der Waals surface area contributed by atoms with Crippen molar-refractivity contribution >= 4 is 11.7 Å². The second kappa shape index (κ2) is 2.81. The summed E-state index contributed by atoms with van der Waals surface area (Å²) in [5, 5.41) is 0. The average molecular weight is 165 g/mol. The van der Waals surface area contributed by atoms with E-state index in [1.807, 2.05) is 6.92 Å². The molecule has 0 bridgehead atoms. The molecule has 0 atom stereocenters. The van der Waals surface area contributed by atoms with E-state index in [0.717, 1.165) is 11.3 Å². The van der Waals surface area contributed by atoms with Crippen molar-refractivity contribution in [2.24, 2.45) is 5.73 Å². The van der Waals surface area contributed by atoms with Gasteiger partial charge in [0.1, 0.15) is 5.82 Å². The van der Waals surface area contributed by atoms with Crippen LogP contribution >= 0.6 is 0 Å². The first-order valence-electron chi connectivity index (χ1n) is 3.56. The maximum absolute atomic E-state index is 10.9. The molecule has 0 saturated heterocycles. The summed E-state index contributed by atoms with van der Waals surface area (Å²) >= 11 is 0. The fourth-order valence-electron chi connectivity index (χ4n) is 1.19. The Bertz CT molecular complexity index is 310. The molecule has 1 heterocycles. The molecule has 4 nitrogen and oxygen atoms in total. The molecule has 4 N–H and O–H groups in total. The van der Waals surface area contributed by atoms with Crippen LogP contribution in [0.4, 0.5) is 5.82 Å². The largest absolute Gasteiger partial charge is 0.383 e. The number of nitrogens with zero attached hydrogens (tertiary/aromatic N) is 1. The van der Waals surface area contributed by atoms with E-state index in [0.29, 0.717) is 5.56 Å².